The summed E-state index contributed by atoms with van der Waals surface area (Å²) in [6.07, 6.45) is 0. The Bertz CT molecular complexity index is 640. The lowest BCUT2D eigenvalue weighted by Crippen LogP contribution is -3.00. The second-order valence-corrected chi connectivity index (χ2v) is 7.15. The molecule has 2 aromatic carbocycles. The van der Waals surface area contributed by atoms with E-state index in [2.05, 4.69) is 34.6 Å². The van der Waals surface area contributed by atoms with Gasteiger partial charge in [-0.05, 0) is 29.8 Å². The molecule has 150 valence electrons. The van der Waals surface area contributed by atoms with Crippen molar-refractivity contribution in [1.82, 2.24) is 4.90 Å². The molecule has 0 N–H and O–H groups in total. The molecule has 0 bridgehead atoms. The minimum atomic E-state index is -0.184. The number of ether oxygens (including phenoxy) is 1. The van der Waals surface area contributed by atoms with E-state index in [1.165, 1.54) is 17.7 Å². The Labute approximate surface area is 179 Å². The fourth-order valence-corrected chi connectivity index (χ4v) is 3.41. The fraction of sp³-hybridized carbons (Fsp3) is 0.400. The van der Waals surface area contributed by atoms with E-state index in [1.807, 2.05) is 30.3 Å². The second kappa shape index (κ2) is 12.5. The van der Waals surface area contributed by atoms with Gasteiger partial charge in [-0.15, -0.1) is 0 Å². The summed E-state index contributed by atoms with van der Waals surface area (Å²) in [6.45, 7) is 6.11. The second-order valence-electron chi connectivity index (χ2n) is 6.42. The van der Waals surface area contributed by atoms with Gasteiger partial charge in [0.25, 0.3) is 0 Å². The fourth-order valence-electron chi connectivity index (χ4n) is 3.08. The van der Waals surface area contributed by atoms with Gasteiger partial charge >= 0.3 is 0 Å². The number of halogens is 3. The molecule has 27 heavy (non-hydrogen) atoms. The van der Waals surface area contributed by atoms with Crippen molar-refractivity contribution in [2.75, 3.05) is 44.2 Å². The van der Waals surface area contributed by atoms with Crippen molar-refractivity contribution in [2.45, 2.75) is 11.9 Å². The van der Waals surface area contributed by atoms with Gasteiger partial charge in [0.05, 0.1) is 13.2 Å². The van der Waals surface area contributed by atoms with Gasteiger partial charge in [0.2, 0.25) is 0 Å². The summed E-state index contributed by atoms with van der Waals surface area (Å²) in [6, 6.07) is 17.0. The van der Waals surface area contributed by atoms with Crippen LogP contribution >= 0.6 is 12.6 Å². The summed E-state index contributed by atoms with van der Waals surface area (Å²) in [7, 11) is 0. The normalized spacial score (nSPS) is 15.6. The summed E-state index contributed by atoms with van der Waals surface area (Å²) in [5.74, 6) is -0.184. The number of benzene rings is 2. The monoisotopic (exact) mass is 430 g/mol. The Kier molecular flexibility index (Phi) is 11.1. The van der Waals surface area contributed by atoms with E-state index in [9.17, 15) is 4.39 Å². The molecule has 0 saturated carbocycles. The molecule has 0 radical (unpaired) electrons. The molecule has 0 aromatic heterocycles. The van der Waals surface area contributed by atoms with E-state index < -0.39 is 0 Å². The van der Waals surface area contributed by atoms with Crippen LogP contribution in [0.2, 0.25) is 0 Å². The molecule has 1 fully saturated rings. The van der Waals surface area contributed by atoms with Crippen molar-refractivity contribution in [3.63, 3.8) is 0 Å². The molecular formula is C20H25Cl2FN2OS-2. The Hall–Kier alpha value is -0.980. The summed E-state index contributed by atoms with van der Waals surface area (Å²) in [5.41, 5.74) is 2.28. The third kappa shape index (κ3) is 7.88. The number of anilines is 1. The van der Waals surface area contributed by atoms with Crippen molar-refractivity contribution in [3.8, 4) is 0 Å². The van der Waals surface area contributed by atoms with Crippen molar-refractivity contribution in [2.24, 2.45) is 0 Å². The van der Waals surface area contributed by atoms with Crippen molar-refractivity contribution >= 4 is 18.3 Å². The molecule has 0 amide bonds. The number of nitrogens with zero attached hydrogens (tertiary/aromatic N) is 2. The Morgan fingerprint density at radius 2 is 1.56 bits per heavy atom. The quantitative estimate of drug-likeness (QED) is 0.488. The first-order chi connectivity index (χ1) is 12.2. The molecule has 3 nitrogen and oxygen atoms in total. The minimum Gasteiger partial charge on any atom is -1.00 e. The number of hydrogen-bond acceptors (Lipinski definition) is 4. The Balaban J connectivity index is 0.00000182. The summed E-state index contributed by atoms with van der Waals surface area (Å²) in [5, 5.41) is 0.209. The van der Waals surface area contributed by atoms with Gasteiger partial charge in [0.15, 0.2) is 0 Å². The number of piperazine rings is 1. The van der Waals surface area contributed by atoms with Crippen LogP contribution in [-0.2, 0) is 11.3 Å². The van der Waals surface area contributed by atoms with Gasteiger partial charge in [-0.3, -0.25) is 4.90 Å². The van der Waals surface area contributed by atoms with Crippen LogP contribution in [0.5, 0.6) is 0 Å². The summed E-state index contributed by atoms with van der Waals surface area (Å²) in [4.78, 5) is 4.72. The van der Waals surface area contributed by atoms with Crippen LogP contribution in [-0.4, -0.2) is 49.5 Å². The molecule has 1 aliphatic rings. The van der Waals surface area contributed by atoms with E-state index in [0.29, 0.717) is 13.2 Å². The molecule has 2 aromatic rings. The molecule has 3 rings (SSSR count). The zero-order chi connectivity index (χ0) is 17.5. The molecule has 1 saturated heterocycles. The van der Waals surface area contributed by atoms with Crippen LogP contribution in [0.3, 0.4) is 0 Å². The van der Waals surface area contributed by atoms with Gasteiger partial charge < -0.3 is 34.5 Å². The minimum absolute atomic E-state index is 0. The van der Waals surface area contributed by atoms with Crippen molar-refractivity contribution < 1.29 is 33.9 Å². The zero-order valence-corrected chi connectivity index (χ0v) is 17.5. The number of hydrogen-bond donors (Lipinski definition) is 1. The predicted molar refractivity (Wildman–Crippen MR) is 104 cm³/mol. The molecule has 0 aliphatic carbocycles. The molecule has 1 aliphatic heterocycles. The predicted octanol–water partition coefficient (Wildman–Crippen LogP) is -2.53. The summed E-state index contributed by atoms with van der Waals surface area (Å²) >= 11 is 4.67. The zero-order valence-electron chi connectivity index (χ0n) is 15.1. The standard InChI is InChI=1S/C20H25FN2OS.2ClH/c21-18-6-8-19(9-7-18)23-12-10-22(11-13-23)14-20(25)16-24-15-17-4-2-1-3-5-17;;/h1-9,20,25H,10-16H2;2*1H/p-2. The molecule has 0 spiro atoms. The maximum absolute atomic E-state index is 13.0. The van der Waals surface area contributed by atoms with Gasteiger partial charge in [0.1, 0.15) is 5.82 Å². The first kappa shape index (κ1) is 24.1. The van der Waals surface area contributed by atoms with Gasteiger partial charge in [-0.2, -0.15) is 12.6 Å². The van der Waals surface area contributed by atoms with Crippen LogP contribution in [0.25, 0.3) is 0 Å². The third-order valence-corrected chi connectivity index (χ3v) is 4.77. The SMILES string of the molecule is Fc1ccc(N2CCN(CC(S)COCc3ccccc3)CC2)cc1.[Cl-].[Cl-]. The van der Waals surface area contributed by atoms with E-state index in [4.69, 9.17) is 4.74 Å². The van der Waals surface area contributed by atoms with Crippen molar-refractivity contribution in [3.05, 3.63) is 66.0 Å². The highest BCUT2D eigenvalue weighted by molar-refractivity contribution is 7.81. The molecule has 1 atom stereocenters. The van der Waals surface area contributed by atoms with Gasteiger partial charge in [-0.25, -0.2) is 4.39 Å². The van der Waals surface area contributed by atoms with E-state index >= 15 is 0 Å². The lowest BCUT2D eigenvalue weighted by Gasteiger charge is -2.37. The van der Waals surface area contributed by atoms with Crippen LogP contribution in [0.4, 0.5) is 10.1 Å². The van der Waals surface area contributed by atoms with Crippen LogP contribution in [0.1, 0.15) is 5.56 Å². The molecule has 7 heteroatoms. The first-order valence-electron chi connectivity index (χ1n) is 8.73. The van der Waals surface area contributed by atoms with Gasteiger partial charge in [-0.1, -0.05) is 30.3 Å². The highest BCUT2D eigenvalue weighted by atomic mass is 35.5. The maximum atomic E-state index is 13.0. The lowest BCUT2D eigenvalue weighted by atomic mass is 10.2. The van der Waals surface area contributed by atoms with E-state index in [1.54, 1.807) is 0 Å². The van der Waals surface area contributed by atoms with Crippen LogP contribution < -0.4 is 29.7 Å². The van der Waals surface area contributed by atoms with E-state index in [-0.39, 0.29) is 35.9 Å². The highest BCUT2D eigenvalue weighted by Crippen LogP contribution is 2.17. The van der Waals surface area contributed by atoms with E-state index in [0.717, 1.165) is 38.4 Å². The average molecular weight is 431 g/mol. The third-order valence-electron chi connectivity index (χ3n) is 4.45. The number of thiol groups is 1. The Morgan fingerprint density at radius 3 is 2.19 bits per heavy atom. The number of rotatable bonds is 7. The summed E-state index contributed by atoms with van der Waals surface area (Å²) < 4.78 is 18.8. The maximum Gasteiger partial charge on any atom is 0.123 e. The van der Waals surface area contributed by atoms with Crippen LogP contribution in [0, 0.1) is 5.82 Å². The van der Waals surface area contributed by atoms with Crippen LogP contribution in [0.15, 0.2) is 54.6 Å². The average Bonchev–Trinajstić information content (AvgIpc) is 2.64. The molecule has 1 unspecified atom stereocenters. The lowest BCUT2D eigenvalue weighted by molar-refractivity contribution is -0.001000. The highest BCUT2D eigenvalue weighted by Gasteiger charge is 2.19. The topological polar surface area (TPSA) is 15.7 Å². The molecular weight excluding hydrogens is 406 g/mol. The van der Waals surface area contributed by atoms with Crippen molar-refractivity contribution in [1.29, 1.82) is 0 Å². The largest absolute Gasteiger partial charge is 1.00 e. The first-order valence-corrected chi connectivity index (χ1v) is 9.25. The van der Waals surface area contributed by atoms with Gasteiger partial charge in [0, 0.05) is 43.7 Å². The molecule has 1 heterocycles. The smallest absolute Gasteiger partial charge is 0.123 e. The Morgan fingerprint density at radius 1 is 0.926 bits per heavy atom.